The second-order valence-electron chi connectivity index (χ2n) is 4.15. The standard InChI is InChI=1S/C12H21N3O/c1-9(2)15(6-7-16)12-11(8-13)5-4-10(3)14-12/h4-5,9,16H,6-8,13H2,1-3H3. The van der Waals surface area contributed by atoms with Gasteiger partial charge in [-0.1, -0.05) is 6.07 Å². The molecule has 1 rings (SSSR count). The zero-order chi connectivity index (χ0) is 12.1. The van der Waals surface area contributed by atoms with E-state index in [1.165, 1.54) is 0 Å². The van der Waals surface area contributed by atoms with Crippen LogP contribution >= 0.6 is 0 Å². The van der Waals surface area contributed by atoms with E-state index < -0.39 is 0 Å². The Morgan fingerprint density at radius 3 is 2.62 bits per heavy atom. The number of anilines is 1. The number of aliphatic hydroxyl groups excluding tert-OH is 1. The number of aliphatic hydroxyl groups is 1. The van der Waals surface area contributed by atoms with Crippen molar-refractivity contribution in [1.29, 1.82) is 0 Å². The molecule has 0 bridgehead atoms. The second kappa shape index (κ2) is 5.82. The van der Waals surface area contributed by atoms with Gasteiger partial charge in [0.25, 0.3) is 0 Å². The van der Waals surface area contributed by atoms with Gasteiger partial charge in [0.1, 0.15) is 5.82 Å². The number of rotatable bonds is 5. The van der Waals surface area contributed by atoms with Gasteiger partial charge in [-0.2, -0.15) is 0 Å². The van der Waals surface area contributed by atoms with Gasteiger partial charge < -0.3 is 15.7 Å². The number of pyridine rings is 1. The Morgan fingerprint density at radius 1 is 1.44 bits per heavy atom. The molecule has 0 aliphatic rings. The van der Waals surface area contributed by atoms with Crippen LogP contribution in [-0.2, 0) is 6.54 Å². The van der Waals surface area contributed by atoms with Crippen LogP contribution in [0.25, 0.3) is 0 Å². The van der Waals surface area contributed by atoms with Crippen molar-refractivity contribution in [3.8, 4) is 0 Å². The van der Waals surface area contributed by atoms with Crippen LogP contribution in [0.2, 0.25) is 0 Å². The van der Waals surface area contributed by atoms with Crippen molar-refractivity contribution < 1.29 is 5.11 Å². The molecule has 0 unspecified atom stereocenters. The number of aromatic nitrogens is 1. The number of hydrogen-bond acceptors (Lipinski definition) is 4. The highest BCUT2D eigenvalue weighted by molar-refractivity contribution is 5.48. The monoisotopic (exact) mass is 223 g/mol. The van der Waals surface area contributed by atoms with Gasteiger partial charge in [0.15, 0.2) is 0 Å². The molecule has 1 heterocycles. The van der Waals surface area contributed by atoms with Crippen LogP contribution in [-0.4, -0.2) is 29.3 Å². The summed E-state index contributed by atoms with van der Waals surface area (Å²) in [5, 5.41) is 9.08. The van der Waals surface area contributed by atoms with Crippen LogP contribution < -0.4 is 10.6 Å². The van der Waals surface area contributed by atoms with Crippen molar-refractivity contribution in [1.82, 2.24) is 4.98 Å². The zero-order valence-corrected chi connectivity index (χ0v) is 10.3. The van der Waals surface area contributed by atoms with Crippen LogP contribution in [0, 0.1) is 6.92 Å². The Bertz CT molecular complexity index is 339. The lowest BCUT2D eigenvalue weighted by Crippen LogP contribution is -2.35. The van der Waals surface area contributed by atoms with E-state index in [2.05, 4.69) is 23.7 Å². The van der Waals surface area contributed by atoms with E-state index in [9.17, 15) is 0 Å². The number of nitrogens with two attached hydrogens (primary N) is 1. The quantitative estimate of drug-likeness (QED) is 0.783. The van der Waals surface area contributed by atoms with Crippen molar-refractivity contribution in [2.45, 2.75) is 33.4 Å². The molecule has 0 spiro atoms. The molecule has 0 aliphatic carbocycles. The minimum atomic E-state index is 0.123. The third-order valence-corrected chi connectivity index (χ3v) is 2.55. The maximum Gasteiger partial charge on any atom is 0.133 e. The van der Waals surface area contributed by atoms with Gasteiger partial charge in [-0.25, -0.2) is 4.98 Å². The molecule has 1 aromatic rings. The molecule has 3 N–H and O–H groups in total. The molecule has 0 aromatic carbocycles. The first kappa shape index (κ1) is 12.9. The van der Waals surface area contributed by atoms with Gasteiger partial charge in [0, 0.05) is 30.4 Å². The van der Waals surface area contributed by atoms with E-state index in [0.29, 0.717) is 19.1 Å². The minimum Gasteiger partial charge on any atom is -0.395 e. The average molecular weight is 223 g/mol. The third kappa shape index (κ3) is 2.93. The Kier molecular flexibility index (Phi) is 4.71. The summed E-state index contributed by atoms with van der Waals surface area (Å²) in [4.78, 5) is 6.60. The van der Waals surface area contributed by atoms with Crippen LogP contribution in [0.4, 0.5) is 5.82 Å². The summed E-state index contributed by atoms with van der Waals surface area (Å²) in [5.74, 6) is 0.895. The SMILES string of the molecule is Cc1ccc(CN)c(N(CCO)C(C)C)n1. The first-order valence-corrected chi connectivity index (χ1v) is 5.64. The van der Waals surface area contributed by atoms with E-state index in [1.54, 1.807) is 0 Å². The van der Waals surface area contributed by atoms with Gasteiger partial charge in [-0.15, -0.1) is 0 Å². The average Bonchev–Trinajstić information content (AvgIpc) is 2.25. The molecule has 0 aliphatic heterocycles. The smallest absolute Gasteiger partial charge is 0.133 e. The molecule has 0 radical (unpaired) electrons. The number of aryl methyl sites for hydroxylation is 1. The molecule has 4 heteroatoms. The van der Waals surface area contributed by atoms with Crippen LogP contribution in [0.5, 0.6) is 0 Å². The maximum atomic E-state index is 9.08. The molecule has 0 saturated heterocycles. The third-order valence-electron chi connectivity index (χ3n) is 2.55. The van der Waals surface area contributed by atoms with Crippen molar-refractivity contribution in [3.63, 3.8) is 0 Å². The normalized spacial score (nSPS) is 10.9. The first-order valence-electron chi connectivity index (χ1n) is 5.64. The lowest BCUT2D eigenvalue weighted by molar-refractivity contribution is 0.298. The summed E-state index contributed by atoms with van der Waals surface area (Å²) in [6.07, 6.45) is 0. The number of nitrogens with zero attached hydrogens (tertiary/aromatic N) is 2. The molecule has 90 valence electrons. The highest BCUT2D eigenvalue weighted by atomic mass is 16.3. The van der Waals surface area contributed by atoms with Crippen molar-refractivity contribution >= 4 is 5.82 Å². The fourth-order valence-corrected chi connectivity index (χ4v) is 1.70. The summed E-state index contributed by atoms with van der Waals surface area (Å²) < 4.78 is 0. The van der Waals surface area contributed by atoms with Crippen LogP contribution in [0.1, 0.15) is 25.1 Å². The Labute approximate surface area is 97.1 Å². The van der Waals surface area contributed by atoms with Crippen LogP contribution in [0.3, 0.4) is 0 Å². The molecule has 1 aromatic heterocycles. The van der Waals surface area contributed by atoms with Gasteiger partial charge in [-0.3, -0.25) is 0 Å². The molecule has 0 amide bonds. The molecular weight excluding hydrogens is 202 g/mol. The van der Waals surface area contributed by atoms with Crippen molar-refractivity contribution in [3.05, 3.63) is 23.4 Å². The lowest BCUT2D eigenvalue weighted by Gasteiger charge is -2.29. The Hall–Kier alpha value is -1.13. The summed E-state index contributed by atoms with van der Waals surface area (Å²) in [5.41, 5.74) is 7.70. The van der Waals surface area contributed by atoms with Gasteiger partial charge in [-0.05, 0) is 26.8 Å². The van der Waals surface area contributed by atoms with E-state index in [0.717, 1.165) is 17.1 Å². The molecular formula is C12H21N3O. The summed E-state index contributed by atoms with van der Waals surface area (Å²) >= 11 is 0. The molecule has 0 atom stereocenters. The molecule has 4 nitrogen and oxygen atoms in total. The minimum absolute atomic E-state index is 0.123. The lowest BCUT2D eigenvalue weighted by atomic mass is 10.2. The van der Waals surface area contributed by atoms with Gasteiger partial charge in [0.05, 0.1) is 6.61 Å². The first-order chi connectivity index (χ1) is 7.60. The van der Waals surface area contributed by atoms with Gasteiger partial charge in [0.2, 0.25) is 0 Å². The van der Waals surface area contributed by atoms with Crippen molar-refractivity contribution in [2.75, 3.05) is 18.1 Å². The predicted molar refractivity (Wildman–Crippen MR) is 66.4 cm³/mol. The largest absolute Gasteiger partial charge is 0.395 e. The fraction of sp³-hybridized carbons (Fsp3) is 0.583. The van der Waals surface area contributed by atoms with Gasteiger partial charge >= 0.3 is 0 Å². The van der Waals surface area contributed by atoms with E-state index in [4.69, 9.17) is 10.8 Å². The Balaban J connectivity index is 3.10. The molecule has 0 saturated carbocycles. The van der Waals surface area contributed by atoms with Crippen LogP contribution in [0.15, 0.2) is 12.1 Å². The Morgan fingerprint density at radius 2 is 2.12 bits per heavy atom. The van der Waals surface area contributed by atoms with E-state index in [-0.39, 0.29) is 6.61 Å². The fourth-order valence-electron chi connectivity index (χ4n) is 1.70. The highest BCUT2D eigenvalue weighted by Gasteiger charge is 2.14. The molecule has 0 fully saturated rings. The summed E-state index contributed by atoms with van der Waals surface area (Å²) in [6, 6.07) is 4.26. The van der Waals surface area contributed by atoms with E-state index >= 15 is 0 Å². The summed E-state index contributed by atoms with van der Waals surface area (Å²) in [7, 11) is 0. The van der Waals surface area contributed by atoms with Crippen molar-refractivity contribution in [2.24, 2.45) is 5.73 Å². The molecule has 16 heavy (non-hydrogen) atoms. The number of hydrogen-bond donors (Lipinski definition) is 2. The maximum absolute atomic E-state index is 9.08. The highest BCUT2D eigenvalue weighted by Crippen LogP contribution is 2.20. The zero-order valence-electron chi connectivity index (χ0n) is 10.3. The topological polar surface area (TPSA) is 62.4 Å². The second-order valence-corrected chi connectivity index (χ2v) is 4.15. The predicted octanol–water partition coefficient (Wildman–Crippen LogP) is 1.06. The summed E-state index contributed by atoms with van der Waals surface area (Å²) in [6.45, 7) is 7.30. The van der Waals surface area contributed by atoms with E-state index in [1.807, 2.05) is 19.1 Å².